The smallest absolute Gasteiger partial charge is 0.309 e. The zero-order chi connectivity index (χ0) is 41.5. The molecule has 5 fully saturated rings. The number of piperazine rings is 1. The lowest BCUT2D eigenvalue weighted by Gasteiger charge is -2.72. The third kappa shape index (κ3) is 6.97. The van der Waals surface area contributed by atoms with Crippen LogP contribution in [0.2, 0.25) is 0 Å². The first kappa shape index (κ1) is 42.6. The molecule has 0 aromatic heterocycles. The van der Waals surface area contributed by atoms with Gasteiger partial charge in [-0.1, -0.05) is 83.9 Å². The SMILES string of the molecule is Cc1ccc(CN2CCN(CC(O)C34CCC5(C)C(CCC6C7(C)CCC(OC(=O)CC(C)(C)C(=O)O)C(C)(C)C7CCC65C)C3=C(C(C)C)C(=O)C4)CC2)cc1. The van der Waals surface area contributed by atoms with Crippen molar-refractivity contribution in [2.24, 2.45) is 56.2 Å². The van der Waals surface area contributed by atoms with Gasteiger partial charge in [-0.25, -0.2) is 0 Å². The molecule has 0 radical (unpaired) electrons. The number of ether oxygens (including phenoxy) is 1. The van der Waals surface area contributed by atoms with Crippen molar-refractivity contribution < 1.29 is 29.3 Å². The molecule has 2 N–H and O–H groups in total. The minimum Gasteiger partial charge on any atom is -0.481 e. The highest BCUT2D eigenvalue weighted by atomic mass is 16.5. The van der Waals surface area contributed by atoms with Crippen LogP contribution in [0.15, 0.2) is 35.4 Å². The maximum Gasteiger partial charge on any atom is 0.309 e. The number of aliphatic carboxylic acids is 1. The number of hydrogen-bond acceptors (Lipinski definition) is 7. The molecule has 0 amide bonds. The van der Waals surface area contributed by atoms with Crippen LogP contribution in [0.1, 0.15) is 138 Å². The Hall–Kier alpha value is -2.55. The van der Waals surface area contributed by atoms with Crippen molar-refractivity contribution in [1.82, 2.24) is 9.80 Å². The van der Waals surface area contributed by atoms with Gasteiger partial charge < -0.3 is 14.9 Å². The summed E-state index contributed by atoms with van der Waals surface area (Å²) in [6, 6.07) is 8.85. The fourth-order valence-electron chi connectivity index (χ4n) is 14.4. The number of rotatable bonds is 10. The number of carbonyl (C=O) groups excluding carboxylic acids is 2. The van der Waals surface area contributed by atoms with E-state index in [-0.39, 0.29) is 51.8 Å². The van der Waals surface area contributed by atoms with Gasteiger partial charge in [-0.15, -0.1) is 0 Å². The van der Waals surface area contributed by atoms with Gasteiger partial charge in [0.25, 0.3) is 0 Å². The predicted octanol–water partition coefficient (Wildman–Crippen LogP) is 8.87. The maximum atomic E-state index is 14.2. The summed E-state index contributed by atoms with van der Waals surface area (Å²) in [7, 11) is 0. The molecule has 9 unspecified atom stereocenters. The van der Waals surface area contributed by atoms with Gasteiger partial charge in [-0.2, -0.15) is 0 Å². The number of ketones is 1. The van der Waals surface area contributed by atoms with Crippen LogP contribution in [0.3, 0.4) is 0 Å². The number of fused-ring (bicyclic) bond motifs is 7. The highest BCUT2D eigenvalue weighted by Crippen LogP contribution is 2.77. The number of carboxylic acids is 1. The molecule has 1 aliphatic heterocycles. The topological polar surface area (TPSA) is 107 Å². The molecule has 1 aromatic carbocycles. The summed E-state index contributed by atoms with van der Waals surface area (Å²) in [4.78, 5) is 44.2. The summed E-state index contributed by atoms with van der Waals surface area (Å²) in [5.74, 6) is 0.167. The molecule has 8 heteroatoms. The van der Waals surface area contributed by atoms with Crippen molar-refractivity contribution in [3.05, 3.63) is 46.5 Å². The summed E-state index contributed by atoms with van der Waals surface area (Å²) < 4.78 is 6.20. The zero-order valence-corrected chi connectivity index (χ0v) is 37.0. The Morgan fingerprint density at radius 2 is 1.51 bits per heavy atom. The van der Waals surface area contributed by atoms with Gasteiger partial charge in [0.15, 0.2) is 5.78 Å². The highest BCUT2D eigenvalue weighted by Gasteiger charge is 2.71. The van der Waals surface area contributed by atoms with E-state index in [9.17, 15) is 24.6 Å². The maximum absolute atomic E-state index is 14.2. The molecule has 316 valence electrons. The fourth-order valence-corrected chi connectivity index (χ4v) is 14.4. The molecule has 57 heavy (non-hydrogen) atoms. The molecule has 0 spiro atoms. The van der Waals surface area contributed by atoms with Crippen molar-refractivity contribution in [1.29, 1.82) is 0 Å². The van der Waals surface area contributed by atoms with Gasteiger partial charge in [0.2, 0.25) is 0 Å². The molecule has 1 aromatic rings. The molecule has 5 aliphatic carbocycles. The minimum absolute atomic E-state index is 0.00465. The van der Waals surface area contributed by atoms with Gasteiger partial charge in [0, 0.05) is 56.5 Å². The van der Waals surface area contributed by atoms with Gasteiger partial charge in [0.05, 0.1) is 17.9 Å². The van der Waals surface area contributed by atoms with Crippen LogP contribution in [0.5, 0.6) is 0 Å². The first-order valence-corrected chi connectivity index (χ1v) is 22.5. The molecule has 0 bridgehead atoms. The Morgan fingerprint density at radius 3 is 2.14 bits per heavy atom. The van der Waals surface area contributed by atoms with Crippen molar-refractivity contribution >= 4 is 17.7 Å². The van der Waals surface area contributed by atoms with Crippen LogP contribution in [0, 0.1) is 63.1 Å². The Bertz CT molecular complexity index is 1760. The van der Waals surface area contributed by atoms with Gasteiger partial charge in [-0.05, 0) is 123 Å². The molecular formula is C49H74N2O6. The monoisotopic (exact) mass is 787 g/mol. The average Bonchev–Trinajstić information content (AvgIpc) is 3.44. The number of carbonyl (C=O) groups is 3. The van der Waals surface area contributed by atoms with Crippen LogP contribution in [-0.2, 0) is 25.7 Å². The van der Waals surface area contributed by atoms with E-state index >= 15 is 0 Å². The van der Waals surface area contributed by atoms with Crippen LogP contribution in [0.4, 0.5) is 0 Å². The Labute approximate surface area is 343 Å². The first-order valence-electron chi connectivity index (χ1n) is 22.5. The van der Waals surface area contributed by atoms with E-state index in [1.165, 1.54) is 16.7 Å². The number of esters is 1. The number of aryl methyl sites for hydroxylation is 1. The van der Waals surface area contributed by atoms with Crippen molar-refractivity contribution in [3.63, 3.8) is 0 Å². The number of carboxylic acid groups (broad SMARTS) is 1. The average molecular weight is 787 g/mol. The molecule has 8 nitrogen and oxygen atoms in total. The van der Waals surface area contributed by atoms with Crippen molar-refractivity contribution in [3.8, 4) is 0 Å². The number of hydrogen-bond donors (Lipinski definition) is 2. The molecule has 7 rings (SSSR count). The van der Waals surface area contributed by atoms with Crippen LogP contribution in [-0.4, -0.2) is 82.7 Å². The number of β-amino-alcohol motifs (C(OH)–C–C–N with tert-alkyl or cyclic N) is 1. The van der Waals surface area contributed by atoms with Gasteiger partial charge >= 0.3 is 11.9 Å². The highest BCUT2D eigenvalue weighted by molar-refractivity contribution is 6.00. The Balaban J connectivity index is 1.10. The molecule has 1 saturated heterocycles. The number of Topliss-reactive ketones (excluding diaryl/α,β-unsaturated/α-hetero) is 1. The Kier molecular flexibility index (Phi) is 11.1. The first-order chi connectivity index (χ1) is 26.6. The lowest BCUT2D eigenvalue weighted by atomic mass is 9.33. The summed E-state index contributed by atoms with van der Waals surface area (Å²) in [5, 5.41) is 22.2. The lowest BCUT2D eigenvalue weighted by Crippen LogP contribution is -2.66. The zero-order valence-electron chi connectivity index (χ0n) is 37.0. The second kappa shape index (κ2) is 14.9. The molecule has 9 atom stereocenters. The fraction of sp³-hybridized carbons (Fsp3) is 0.776. The largest absolute Gasteiger partial charge is 0.481 e. The normalized spacial score (nSPS) is 37.6. The molecule has 1 heterocycles. The second-order valence-electron chi connectivity index (χ2n) is 22.1. The standard InChI is InChI=1S/C49H74N2O6/c1-31(2)41-35(52)27-49(38(53)30-51-25-23-50(24-26-51)29-33-13-11-32(3)12-14-33)22-21-47(9)34(42(41)49)15-16-37-46(8)19-18-39(57-40(54)28-44(4,5)43(55)56)45(6,7)36(46)17-20-48(37,47)10/h11-14,31,34,36-39,53H,15-30H2,1-10H3,(H,55,56). The lowest BCUT2D eigenvalue weighted by molar-refractivity contribution is -0.235. The molecule has 4 saturated carbocycles. The second-order valence-corrected chi connectivity index (χ2v) is 22.1. The van der Waals surface area contributed by atoms with E-state index < -0.39 is 28.9 Å². The van der Waals surface area contributed by atoms with Crippen LogP contribution in [0.25, 0.3) is 0 Å². The van der Waals surface area contributed by atoms with E-state index in [2.05, 4.69) is 89.5 Å². The van der Waals surface area contributed by atoms with E-state index in [1.807, 2.05) is 0 Å². The van der Waals surface area contributed by atoms with E-state index in [0.717, 1.165) is 89.7 Å². The summed E-state index contributed by atoms with van der Waals surface area (Å²) in [5.41, 5.74) is 3.27. The van der Waals surface area contributed by atoms with E-state index in [1.54, 1.807) is 13.8 Å². The van der Waals surface area contributed by atoms with E-state index in [0.29, 0.717) is 24.8 Å². The third-order valence-electron chi connectivity index (χ3n) is 17.9. The number of nitrogens with zero attached hydrogens (tertiary/aromatic N) is 2. The van der Waals surface area contributed by atoms with Gasteiger partial charge in [0.1, 0.15) is 6.10 Å². The summed E-state index contributed by atoms with van der Waals surface area (Å²) in [6.07, 6.45) is 7.50. The van der Waals surface area contributed by atoms with Crippen LogP contribution < -0.4 is 0 Å². The van der Waals surface area contributed by atoms with Crippen molar-refractivity contribution in [2.45, 2.75) is 152 Å². The Morgan fingerprint density at radius 1 is 0.860 bits per heavy atom. The number of aliphatic hydroxyl groups is 1. The third-order valence-corrected chi connectivity index (χ3v) is 17.9. The van der Waals surface area contributed by atoms with Gasteiger partial charge in [-0.3, -0.25) is 24.2 Å². The number of benzene rings is 1. The van der Waals surface area contributed by atoms with E-state index in [4.69, 9.17) is 4.74 Å². The minimum atomic E-state index is -1.16. The number of aliphatic hydroxyl groups excluding tert-OH is 1. The summed E-state index contributed by atoms with van der Waals surface area (Å²) in [6.45, 7) is 27.4. The summed E-state index contributed by atoms with van der Waals surface area (Å²) >= 11 is 0. The number of allylic oxidation sites excluding steroid dienone is 1. The van der Waals surface area contributed by atoms with Crippen molar-refractivity contribution in [2.75, 3.05) is 32.7 Å². The predicted molar refractivity (Wildman–Crippen MR) is 224 cm³/mol. The quantitative estimate of drug-likeness (QED) is 0.227. The molecular weight excluding hydrogens is 713 g/mol. The molecule has 6 aliphatic rings. The van der Waals surface area contributed by atoms with Crippen LogP contribution >= 0.6 is 0 Å².